The van der Waals surface area contributed by atoms with Crippen molar-refractivity contribution in [1.82, 2.24) is 0 Å². The van der Waals surface area contributed by atoms with Crippen molar-refractivity contribution in [2.45, 2.75) is 19.3 Å². The molecule has 0 aliphatic heterocycles. The third-order valence-electron chi connectivity index (χ3n) is 3.35. The van der Waals surface area contributed by atoms with E-state index in [-0.39, 0.29) is 23.6 Å². The molecule has 0 saturated carbocycles. The summed E-state index contributed by atoms with van der Waals surface area (Å²) in [7, 11) is 0. The summed E-state index contributed by atoms with van der Waals surface area (Å²) in [5.74, 6) is -1.09. The summed E-state index contributed by atoms with van der Waals surface area (Å²) >= 11 is 0. The molecule has 120 valence electrons. The predicted molar refractivity (Wildman–Crippen MR) is 84.4 cm³/mol. The van der Waals surface area contributed by atoms with Crippen LogP contribution in [0, 0.1) is 10.1 Å². The van der Waals surface area contributed by atoms with Crippen molar-refractivity contribution >= 4 is 11.7 Å². The van der Waals surface area contributed by atoms with E-state index in [1.54, 1.807) is 0 Å². The van der Waals surface area contributed by atoms with Crippen LogP contribution in [0.5, 0.6) is 5.75 Å². The average molecular weight is 315 g/mol. The van der Waals surface area contributed by atoms with E-state index in [0.717, 1.165) is 31.0 Å². The number of carbonyl (C=O) groups is 1. The monoisotopic (exact) mass is 315 g/mol. The van der Waals surface area contributed by atoms with Gasteiger partial charge in [-0.15, -0.1) is 0 Å². The van der Waals surface area contributed by atoms with Crippen LogP contribution in [0.1, 0.15) is 28.8 Å². The highest BCUT2D eigenvalue weighted by Crippen LogP contribution is 2.23. The minimum Gasteiger partial charge on any atom is -0.507 e. The number of aryl methyl sites for hydroxylation is 1. The molecular weight excluding hydrogens is 298 g/mol. The van der Waals surface area contributed by atoms with E-state index in [0.29, 0.717) is 6.42 Å². The van der Waals surface area contributed by atoms with E-state index in [2.05, 4.69) is 0 Å². The zero-order valence-corrected chi connectivity index (χ0v) is 12.5. The van der Waals surface area contributed by atoms with Crippen LogP contribution in [0.15, 0.2) is 48.5 Å². The normalized spacial score (nSPS) is 10.3. The van der Waals surface area contributed by atoms with Crippen molar-refractivity contribution in [2.24, 2.45) is 0 Å². The lowest BCUT2D eigenvalue weighted by molar-refractivity contribution is -0.384. The summed E-state index contributed by atoms with van der Waals surface area (Å²) in [5, 5.41) is 20.3. The molecule has 0 aliphatic carbocycles. The molecule has 6 heteroatoms. The molecular formula is C17H17NO5. The average Bonchev–Trinajstić information content (AvgIpc) is 2.55. The second kappa shape index (κ2) is 7.93. The number of hydrogen-bond acceptors (Lipinski definition) is 5. The fraction of sp³-hybridized carbons (Fsp3) is 0.235. The highest BCUT2D eigenvalue weighted by atomic mass is 16.6. The number of rotatable bonds is 7. The first-order valence-electron chi connectivity index (χ1n) is 7.26. The lowest BCUT2D eigenvalue weighted by Gasteiger charge is -2.06. The fourth-order valence-corrected chi connectivity index (χ4v) is 2.12. The van der Waals surface area contributed by atoms with Crippen LogP contribution in [0.3, 0.4) is 0 Å². The van der Waals surface area contributed by atoms with Crippen LogP contribution in [-0.2, 0) is 11.2 Å². The maximum absolute atomic E-state index is 11.9. The summed E-state index contributed by atoms with van der Waals surface area (Å²) in [5.41, 5.74) is 0.760. The molecule has 23 heavy (non-hydrogen) atoms. The number of ether oxygens (including phenoxy) is 1. The van der Waals surface area contributed by atoms with E-state index in [1.807, 2.05) is 30.3 Å². The highest BCUT2D eigenvalue weighted by Gasteiger charge is 2.17. The maximum Gasteiger partial charge on any atom is 0.342 e. The zero-order chi connectivity index (χ0) is 16.7. The van der Waals surface area contributed by atoms with Gasteiger partial charge in [0.1, 0.15) is 11.3 Å². The van der Waals surface area contributed by atoms with E-state index in [4.69, 9.17) is 4.74 Å². The molecule has 0 spiro atoms. The van der Waals surface area contributed by atoms with Gasteiger partial charge in [-0.1, -0.05) is 30.3 Å². The first-order chi connectivity index (χ1) is 11.1. The molecule has 2 aromatic rings. The topological polar surface area (TPSA) is 89.7 Å². The van der Waals surface area contributed by atoms with Crippen LogP contribution < -0.4 is 0 Å². The quantitative estimate of drug-likeness (QED) is 0.365. The third kappa shape index (κ3) is 4.81. The van der Waals surface area contributed by atoms with Crippen LogP contribution in [0.25, 0.3) is 0 Å². The second-order valence-corrected chi connectivity index (χ2v) is 5.04. The molecule has 0 bridgehead atoms. The van der Waals surface area contributed by atoms with Gasteiger partial charge in [0.15, 0.2) is 0 Å². The number of phenols is 1. The standard InChI is InChI=1S/C17H17NO5/c19-16-10-9-14(18(21)22)12-15(16)17(20)23-11-5-4-8-13-6-2-1-3-7-13/h1-3,6-7,9-10,12,19H,4-5,8,11H2. The van der Waals surface area contributed by atoms with E-state index in [1.165, 1.54) is 5.56 Å². The highest BCUT2D eigenvalue weighted by molar-refractivity contribution is 5.93. The number of non-ortho nitro benzene ring substituents is 1. The van der Waals surface area contributed by atoms with Gasteiger partial charge >= 0.3 is 5.97 Å². The Balaban J connectivity index is 1.81. The van der Waals surface area contributed by atoms with Gasteiger partial charge in [0.2, 0.25) is 0 Å². The Kier molecular flexibility index (Phi) is 5.68. The lowest BCUT2D eigenvalue weighted by atomic mass is 10.1. The lowest BCUT2D eigenvalue weighted by Crippen LogP contribution is -2.07. The maximum atomic E-state index is 11.9. The van der Waals surface area contributed by atoms with Crippen molar-refractivity contribution in [2.75, 3.05) is 6.61 Å². The first kappa shape index (κ1) is 16.5. The number of nitro benzene ring substituents is 1. The van der Waals surface area contributed by atoms with Crippen LogP contribution in [-0.4, -0.2) is 22.6 Å². The molecule has 0 aliphatic rings. The summed E-state index contributed by atoms with van der Waals surface area (Å²) in [6.45, 7) is 0.202. The minimum absolute atomic E-state index is 0.192. The number of nitrogens with zero attached hydrogens (tertiary/aromatic N) is 1. The Morgan fingerprint density at radius 3 is 2.57 bits per heavy atom. The number of hydrogen-bond donors (Lipinski definition) is 1. The summed E-state index contributed by atoms with van der Waals surface area (Å²) in [6, 6.07) is 13.2. The number of phenolic OH excluding ortho intramolecular Hbond substituents is 1. The molecule has 2 aromatic carbocycles. The third-order valence-corrected chi connectivity index (χ3v) is 3.35. The number of aromatic hydroxyl groups is 1. The van der Waals surface area contributed by atoms with Crippen molar-refractivity contribution in [3.05, 3.63) is 69.8 Å². The molecule has 6 nitrogen and oxygen atoms in total. The molecule has 0 atom stereocenters. The van der Waals surface area contributed by atoms with E-state index in [9.17, 15) is 20.0 Å². The van der Waals surface area contributed by atoms with Crippen molar-refractivity contribution < 1.29 is 19.6 Å². The van der Waals surface area contributed by atoms with Crippen molar-refractivity contribution in [3.8, 4) is 5.75 Å². The van der Waals surface area contributed by atoms with Gasteiger partial charge in [0, 0.05) is 12.1 Å². The van der Waals surface area contributed by atoms with Crippen molar-refractivity contribution in [3.63, 3.8) is 0 Å². The van der Waals surface area contributed by atoms with E-state index < -0.39 is 10.9 Å². The van der Waals surface area contributed by atoms with Gasteiger partial charge < -0.3 is 9.84 Å². The van der Waals surface area contributed by atoms with Gasteiger partial charge in [-0.25, -0.2) is 4.79 Å². The first-order valence-corrected chi connectivity index (χ1v) is 7.26. The SMILES string of the molecule is O=C(OCCCCc1ccccc1)c1cc([N+](=O)[O-])ccc1O. The number of esters is 1. The molecule has 0 radical (unpaired) electrons. The van der Waals surface area contributed by atoms with Gasteiger partial charge in [0.05, 0.1) is 11.5 Å². The van der Waals surface area contributed by atoms with Gasteiger partial charge in [0.25, 0.3) is 5.69 Å². The van der Waals surface area contributed by atoms with E-state index >= 15 is 0 Å². The largest absolute Gasteiger partial charge is 0.507 e. The Hall–Kier alpha value is -2.89. The molecule has 0 aromatic heterocycles. The van der Waals surface area contributed by atoms with Gasteiger partial charge in [-0.05, 0) is 30.9 Å². The molecule has 1 N–H and O–H groups in total. The Labute approximate surface area is 133 Å². The molecule has 0 amide bonds. The number of benzene rings is 2. The number of carbonyl (C=O) groups excluding carboxylic acids is 1. The number of nitro groups is 1. The molecule has 0 fully saturated rings. The number of unbranched alkanes of at least 4 members (excludes halogenated alkanes) is 1. The fourth-order valence-electron chi connectivity index (χ4n) is 2.12. The van der Waals surface area contributed by atoms with Crippen LogP contribution in [0.2, 0.25) is 0 Å². The van der Waals surface area contributed by atoms with Crippen LogP contribution >= 0.6 is 0 Å². The van der Waals surface area contributed by atoms with Crippen LogP contribution in [0.4, 0.5) is 5.69 Å². The smallest absolute Gasteiger partial charge is 0.342 e. The Morgan fingerprint density at radius 1 is 1.13 bits per heavy atom. The van der Waals surface area contributed by atoms with Gasteiger partial charge in [-0.2, -0.15) is 0 Å². The summed E-state index contributed by atoms with van der Waals surface area (Å²) in [6.07, 6.45) is 2.43. The zero-order valence-electron chi connectivity index (χ0n) is 12.5. The molecule has 0 unspecified atom stereocenters. The molecule has 0 saturated heterocycles. The second-order valence-electron chi connectivity index (χ2n) is 5.04. The Morgan fingerprint density at radius 2 is 1.87 bits per heavy atom. The Bertz CT molecular complexity index is 685. The molecule has 2 rings (SSSR count). The minimum atomic E-state index is -0.758. The van der Waals surface area contributed by atoms with Crippen molar-refractivity contribution in [1.29, 1.82) is 0 Å². The molecule has 0 heterocycles. The predicted octanol–water partition coefficient (Wildman–Crippen LogP) is 3.48. The van der Waals surface area contributed by atoms with Gasteiger partial charge in [-0.3, -0.25) is 10.1 Å². The summed E-state index contributed by atoms with van der Waals surface area (Å²) in [4.78, 5) is 21.9. The summed E-state index contributed by atoms with van der Waals surface area (Å²) < 4.78 is 5.06.